The summed E-state index contributed by atoms with van der Waals surface area (Å²) in [6, 6.07) is 0.0370. The molecule has 0 aromatic heterocycles. The topological polar surface area (TPSA) is 173 Å². The Morgan fingerprint density at radius 1 is 0.317 bits per heavy atom. The summed E-state index contributed by atoms with van der Waals surface area (Å²) in [5, 5.41) is 41.6. The molecular weight excluding hydrogens is 612 g/mol. The number of hydrogen-bond donors (Lipinski definition) is 0. The van der Waals surface area contributed by atoms with E-state index in [1.807, 2.05) is 111 Å². The maximum atomic E-state index is 10.4. The molecule has 0 bridgehead atoms. The molecule has 0 fully saturated rings. The maximum Gasteiger partial charge on any atom is 4.00 e. The molecule has 0 N–H and O–H groups in total. The molecule has 0 radical (unpaired) electrons. The number of carbonyl (C=O) groups excluding carboxylic acids is 4. The average molecular weight is 668 g/mol. The minimum absolute atomic E-state index is 0. The van der Waals surface area contributed by atoms with Gasteiger partial charge in [-0.25, -0.2) is 0 Å². The Kier molecular flexibility index (Phi) is 29.2. The molecule has 0 heterocycles. The van der Waals surface area contributed by atoms with Gasteiger partial charge in [0.2, 0.25) is 0 Å². The van der Waals surface area contributed by atoms with Crippen molar-refractivity contribution in [3.8, 4) is 0 Å². The van der Waals surface area contributed by atoms with Gasteiger partial charge >= 0.3 is 26.2 Å². The first kappa shape index (κ1) is 48.7. The molecule has 13 heteroatoms. The Morgan fingerprint density at radius 2 is 0.390 bits per heavy atom. The number of amides is 4. The first-order valence-electron chi connectivity index (χ1n) is 13.8. The summed E-state index contributed by atoms with van der Waals surface area (Å²) in [5.74, 6) is 0. The molecule has 0 unspecified atom stereocenters. The van der Waals surface area contributed by atoms with Gasteiger partial charge in [-0.1, -0.05) is 0 Å². The Balaban J connectivity index is -0.000000139. The zero-order valence-electron chi connectivity index (χ0n) is 28.2. The molecule has 0 atom stereocenters. The van der Waals surface area contributed by atoms with Crippen LogP contribution in [0, 0.1) is 0 Å². The molecule has 41 heavy (non-hydrogen) atoms. The first-order valence-corrected chi connectivity index (χ1v) is 13.8. The smallest absolute Gasteiger partial charge is 0.530 e. The minimum Gasteiger partial charge on any atom is -0.530 e. The molecule has 0 aromatic carbocycles. The zero-order valence-corrected chi connectivity index (χ0v) is 30.6. The predicted octanol–water partition coefficient (Wildman–Crippen LogP) is 1.79. The molecule has 4 amide bonds. The second kappa shape index (κ2) is 24.6. The fourth-order valence-electron chi connectivity index (χ4n) is 4.07. The summed E-state index contributed by atoms with van der Waals surface area (Å²) in [7, 11) is 0. The van der Waals surface area contributed by atoms with Crippen molar-refractivity contribution in [2.45, 2.75) is 159 Å². The summed E-state index contributed by atoms with van der Waals surface area (Å²) in [6.07, 6.45) is -4.37. The Morgan fingerprint density at radius 3 is 0.390 bits per heavy atom. The molecule has 0 aromatic rings. The van der Waals surface area contributed by atoms with E-state index in [-0.39, 0.29) is 74.5 Å². The van der Waals surface area contributed by atoms with E-state index in [1.165, 1.54) is 19.6 Å². The largest absolute Gasteiger partial charge is 4.00 e. The quantitative estimate of drug-likeness (QED) is 0.377. The van der Waals surface area contributed by atoms with Gasteiger partial charge in [-0.15, -0.1) is 0 Å². The molecule has 0 saturated heterocycles. The summed E-state index contributed by atoms with van der Waals surface area (Å²) < 4.78 is 0. The zero-order chi connectivity index (χ0) is 33.2. The normalized spacial score (nSPS) is 10.3. The van der Waals surface area contributed by atoms with Crippen LogP contribution in [0.25, 0.3) is 0 Å². The number of carbonyl (C=O) groups is 4. The monoisotopic (exact) mass is 666 g/mol. The van der Waals surface area contributed by atoms with Crippen LogP contribution in [0.3, 0.4) is 0 Å². The third kappa shape index (κ3) is 23.2. The second-order valence-corrected chi connectivity index (χ2v) is 11.4. The second-order valence-electron chi connectivity index (χ2n) is 11.4. The van der Waals surface area contributed by atoms with Crippen LogP contribution in [0.5, 0.6) is 0 Å². The van der Waals surface area contributed by atoms with E-state index in [2.05, 4.69) is 0 Å². The van der Waals surface area contributed by atoms with Gasteiger partial charge in [0.05, 0.1) is 0 Å². The van der Waals surface area contributed by atoms with Crippen molar-refractivity contribution in [1.29, 1.82) is 0 Å². The number of carboxylic acid groups (broad SMARTS) is 4. The van der Waals surface area contributed by atoms with Gasteiger partial charge in [-0.05, 0) is 111 Å². The van der Waals surface area contributed by atoms with Gasteiger partial charge in [0.1, 0.15) is 24.4 Å². The summed E-state index contributed by atoms with van der Waals surface area (Å²) in [6.45, 7) is 29.3. The molecular formula is C28H56N4O8Zr. The Labute approximate surface area is 268 Å². The van der Waals surface area contributed by atoms with Crippen molar-refractivity contribution in [2.24, 2.45) is 0 Å². The van der Waals surface area contributed by atoms with Crippen LogP contribution in [-0.2, 0) is 26.2 Å². The van der Waals surface area contributed by atoms with Crippen molar-refractivity contribution >= 4 is 24.4 Å². The van der Waals surface area contributed by atoms with Gasteiger partial charge in [0.15, 0.2) is 0 Å². The fraction of sp³-hybridized carbons (Fsp3) is 0.857. The van der Waals surface area contributed by atoms with Crippen LogP contribution in [0.4, 0.5) is 19.2 Å². The number of hydrogen-bond acceptors (Lipinski definition) is 8. The molecule has 12 nitrogen and oxygen atoms in total. The van der Waals surface area contributed by atoms with E-state index in [0.29, 0.717) is 0 Å². The third-order valence-electron chi connectivity index (χ3n) is 5.29. The molecule has 0 spiro atoms. The van der Waals surface area contributed by atoms with E-state index in [4.69, 9.17) is 0 Å². The first-order chi connectivity index (χ1) is 17.9. The van der Waals surface area contributed by atoms with Gasteiger partial charge in [0.25, 0.3) is 0 Å². The van der Waals surface area contributed by atoms with E-state index < -0.39 is 24.4 Å². The Bertz CT molecular complexity index is 578. The Hall–Kier alpha value is -2.04. The maximum absolute atomic E-state index is 10.4. The van der Waals surface area contributed by atoms with Crippen LogP contribution in [0.15, 0.2) is 0 Å². The van der Waals surface area contributed by atoms with Crippen LogP contribution >= 0.6 is 0 Å². The van der Waals surface area contributed by atoms with Crippen LogP contribution < -0.4 is 20.4 Å². The third-order valence-corrected chi connectivity index (χ3v) is 5.29. The van der Waals surface area contributed by atoms with Crippen LogP contribution in [0.2, 0.25) is 0 Å². The molecule has 0 aliphatic rings. The van der Waals surface area contributed by atoms with Crippen LogP contribution in [0.1, 0.15) is 111 Å². The SMILES string of the molecule is CC(C)N(C(=O)[O-])C(C)C.CC(C)N(C(=O)[O-])C(C)C.CC(C)N(C(=O)[O-])C(C)C.CC(C)N(C(=O)[O-])C(C)C.[Zr+4]. The summed E-state index contributed by atoms with van der Waals surface area (Å²) in [4.78, 5) is 46.8. The van der Waals surface area contributed by atoms with Gasteiger partial charge in [-0.2, -0.15) is 0 Å². The van der Waals surface area contributed by atoms with Crippen molar-refractivity contribution in [3.63, 3.8) is 0 Å². The minimum atomic E-state index is -1.09. The van der Waals surface area contributed by atoms with Crippen LogP contribution in [-0.4, -0.2) is 92.3 Å². The van der Waals surface area contributed by atoms with E-state index in [0.717, 1.165) is 0 Å². The average Bonchev–Trinajstić information content (AvgIpc) is 2.64. The van der Waals surface area contributed by atoms with Crippen molar-refractivity contribution < 1.29 is 65.8 Å². The van der Waals surface area contributed by atoms with Gasteiger partial charge in [-0.3, -0.25) is 0 Å². The standard InChI is InChI=1S/4C7H15NO2.Zr/c4*1-5(2)8(6(3)4)7(9)10;/h4*5-6H,1-4H3,(H,9,10);/q;;;;+4/p-4. The predicted molar refractivity (Wildman–Crippen MR) is 150 cm³/mol. The molecule has 240 valence electrons. The van der Waals surface area contributed by atoms with Gasteiger partial charge in [0, 0.05) is 48.3 Å². The van der Waals surface area contributed by atoms with Gasteiger partial charge < -0.3 is 59.2 Å². The summed E-state index contributed by atoms with van der Waals surface area (Å²) in [5.41, 5.74) is 0. The number of nitrogens with zero attached hydrogens (tertiary/aromatic N) is 4. The van der Waals surface area contributed by atoms with E-state index >= 15 is 0 Å². The van der Waals surface area contributed by atoms with E-state index in [9.17, 15) is 39.6 Å². The van der Waals surface area contributed by atoms with E-state index in [1.54, 1.807) is 0 Å². The van der Waals surface area contributed by atoms with Crippen molar-refractivity contribution in [2.75, 3.05) is 0 Å². The number of rotatable bonds is 8. The molecule has 0 aliphatic carbocycles. The van der Waals surface area contributed by atoms with Crippen molar-refractivity contribution in [1.82, 2.24) is 19.6 Å². The summed E-state index contributed by atoms with van der Waals surface area (Å²) >= 11 is 0. The fourth-order valence-corrected chi connectivity index (χ4v) is 4.07. The molecule has 0 aliphatic heterocycles. The van der Waals surface area contributed by atoms with Crippen molar-refractivity contribution in [3.05, 3.63) is 0 Å². The molecule has 0 saturated carbocycles. The molecule has 0 rings (SSSR count).